The number of nitrogens with zero attached hydrogens (tertiary/aromatic N) is 1. The minimum Gasteiger partial charge on any atom is -0.347 e. The largest absolute Gasteiger partial charge is 0.347 e. The van der Waals surface area contributed by atoms with Crippen LogP contribution in [0.2, 0.25) is 0 Å². The van der Waals surface area contributed by atoms with Gasteiger partial charge < -0.3 is 10.6 Å². The van der Waals surface area contributed by atoms with E-state index < -0.39 is 6.04 Å². The molecular formula is C15H24N2O. The number of rotatable bonds is 2. The number of benzene rings is 1. The van der Waals surface area contributed by atoms with Crippen molar-refractivity contribution in [1.29, 1.82) is 0 Å². The Morgan fingerprint density at radius 1 is 1.28 bits per heavy atom. The molecule has 3 heteroatoms. The molecule has 1 amide bonds. The monoisotopic (exact) mass is 248 g/mol. The van der Waals surface area contributed by atoms with Crippen molar-refractivity contribution in [2.75, 3.05) is 14.1 Å². The normalized spacial score (nSPS) is 13.3. The van der Waals surface area contributed by atoms with Crippen LogP contribution < -0.4 is 5.73 Å². The van der Waals surface area contributed by atoms with Crippen molar-refractivity contribution >= 4 is 5.91 Å². The third-order valence-corrected chi connectivity index (χ3v) is 3.18. The minimum atomic E-state index is -0.575. The van der Waals surface area contributed by atoms with E-state index >= 15 is 0 Å². The first-order valence-electron chi connectivity index (χ1n) is 6.22. The highest BCUT2D eigenvalue weighted by Gasteiger charge is 2.21. The van der Waals surface area contributed by atoms with E-state index in [4.69, 9.17) is 5.73 Å². The van der Waals surface area contributed by atoms with Crippen molar-refractivity contribution in [3.63, 3.8) is 0 Å². The molecule has 1 aromatic rings. The van der Waals surface area contributed by atoms with Gasteiger partial charge >= 0.3 is 0 Å². The second-order valence-electron chi connectivity index (χ2n) is 6.03. The molecule has 3 nitrogen and oxygen atoms in total. The summed E-state index contributed by atoms with van der Waals surface area (Å²) < 4.78 is 0. The third-order valence-electron chi connectivity index (χ3n) is 3.18. The average molecular weight is 248 g/mol. The first-order chi connectivity index (χ1) is 8.14. The summed E-state index contributed by atoms with van der Waals surface area (Å²) in [6.07, 6.45) is 0. The van der Waals surface area contributed by atoms with Crippen LogP contribution in [0.4, 0.5) is 0 Å². The van der Waals surface area contributed by atoms with Gasteiger partial charge in [0, 0.05) is 14.1 Å². The highest BCUT2D eigenvalue weighted by Crippen LogP contribution is 2.26. The maximum atomic E-state index is 11.9. The molecule has 1 aromatic carbocycles. The van der Waals surface area contributed by atoms with Gasteiger partial charge in [-0.15, -0.1) is 0 Å². The minimum absolute atomic E-state index is 0.0680. The lowest BCUT2D eigenvalue weighted by Crippen LogP contribution is -2.33. The standard InChI is InChI=1S/C15H24N2O/c1-10-9-11(15(2,3)4)7-8-12(10)13(16)14(18)17(5)6/h7-9,13H,16H2,1-6H3. The zero-order valence-corrected chi connectivity index (χ0v) is 12.2. The van der Waals surface area contributed by atoms with Crippen LogP contribution in [0.3, 0.4) is 0 Å². The SMILES string of the molecule is Cc1cc(C(C)(C)C)ccc1C(N)C(=O)N(C)C. The van der Waals surface area contributed by atoms with Gasteiger partial charge in [0.05, 0.1) is 0 Å². The molecule has 0 saturated heterocycles. The van der Waals surface area contributed by atoms with Crippen molar-refractivity contribution in [1.82, 2.24) is 4.90 Å². The summed E-state index contributed by atoms with van der Waals surface area (Å²) in [5.74, 6) is -0.0680. The predicted octanol–water partition coefficient (Wildman–Crippen LogP) is 2.38. The van der Waals surface area contributed by atoms with E-state index in [1.54, 1.807) is 14.1 Å². The van der Waals surface area contributed by atoms with Gasteiger partial charge in [-0.2, -0.15) is 0 Å². The maximum Gasteiger partial charge on any atom is 0.243 e. The summed E-state index contributed by atoms with van der Waals surface area (Å²) in [4.78, 5) is 13.4. The van der Waals surface area contributed by atoms with Gasteiger partial charge in [-0.1, -0.05) is 39.0 Å². The number of likely N-dealkylation sites (N-methyl/N-ethyl adjacent to an activating group) is 1. The zero-order chi connectivity index (χ0) is 14.1. The fourth-order valence-corrected chi connectivity index (χ4v) is 1.90. The van der Waals surface area contributed by atoms with Gasteiger partial charge in [-0.25, -0.2) is 0 Å². The summed E-state index contributed by atoms with van der Waals surface area (Å²) in [5, 5.41) is 0. The topological polar surface area (TPSA) is 46.3 Å². The van der Waals surface area contributed by atoms with Crippen molar-refractivity contribution in [3.05, 3.63) is 34.9 Å². The molecule has 100 valence electrons. The van der Waals surface area contributed by atoms with Crippen molar-refractivity contribution < 1.29 is 4.79 Å². The molecule has 0 aliphatic heterocycles. The third kappa shape index (κ3) is 3.10. The molecule has 0 fully saturated rings. The Morgan fingerprint density at radius 2 is 1.83 bits per heavy atom. The van der Waals surface area contributed by atoms with Crippen molar-refractivity contribution in [2.45, 2.75) is 39.2 Å². The Hall–Kier alpha value is -1.35. The maximum absolute atomic E-state index is 11.9. The summed E-state index contributed by atoms with van der Waals surface area (Å²) in [7, 11) is 3.45. The van der Waals surface area contributed by atoms with Crippen molar-refractivity contribution in [3.8, 4) is 0 Å². The zero-order valence-electron chi connectivity index (χ0n) is 12.2. The second kappa shape index (κ2) is 5.11. The Labute approximate surface area is 110 Å². The van der Waals surface area contributed by atoms with Gasteiger partial charge in [0.25, 0.3) is 0 Å². The average Bonchev–Trinajstić information content (AvgIpc) is 2.25. The fraction of sp³-hybridized carbons (Fsp3) is 0.533. The van der Waals surface area contributed by atoms with Crippen LogP contribution in [0.15, 0.2) is 18.2 Å². The molecule has 0 aliphatic rings. The molecule has 0 aliphatic carbocycles. The smallest absolute Gasteiger partial charge is 0.243 e. The van der Waals surface area contributed by atoms with Crippen LogP contribution in [0.5, 0.6) is 0 Å². The molecule has 1 unspecified atom stereocenters. The highest BCUT2D eigenvalue weighted by atomic mass is 16.2. The van der Waals surface area contributed by atoms with Crippen LogP contribution in [-0.4, -0.2) is 24.9 Å². The summed E-state index contributed by atoms with van der Waals surface area (Å²) in [5.41, 5.74) is 9.35. The summed E-state index contributed by atoms with van der Waals surface area (Å²) >= 11 is 0. The molecular weight excluding hydrogens is 224 g/mol. The summed E-state index contributed by atoms with van der Waals surface area (Å²) in [6.45, 7) is 8.53. The lowest BCUT2D eigenvalue weighted by atomic mass is 9.84. The molecule has 0 heterocycles. The van der Waals surface area contributed by atoms with Gasteiger partial charge in [0.1, 0.15) is 6.04 Å². The molecule has 0 saturated carbocycles. The molecule has 0 radical (unpaired) electrons. The number of carbonyl (C=O) groups excluding carboxylic acids is 1. The van der Waals surface area contributed by atoms with E-state index in [0.29, 0.717) is 0 Å². The first-order valence-corrected chi connectivity index (χ1v) is 6.22. The Kier molecular flexibility index (Phi) is 4.17. The van der Waals surface area contributed by atoms with E-state index in [2.05, 4.69) is 32.9 Å². The number of hydrogen-bond donors (Lipinski definition) is 1. The molecule has 0 aromatic heterocycles. The molecule has 2 N–H and O–H groups in total. The molecule has 18 heavy (non-hydrogen) atoms. The number of amides is 1. The van der Waals surface area contributed by atoms with E-state index in [0.717, 1.165) is 11.1 Å². The van der Waals surface area contributed by atoms with Crippen molar-refractivity contribution in [2.24, 2.45) is 5.73 Å². The number of aryl methyl sites for hydroxylation is 1. The first kappa shape index (κ1) is 14.7. The lowest BCUT2D eigenvalue weighted by Gasteiger charge is -2.23. The molecule has 0 spiro atoms. The summed E-state index contributed by atoms with van der Waals surface area (Å²) in [6, 6.07) is 5.58. The van der Waals surface area contributed by atoms with Gasteiger partial charge in [0.2, 0.25) is 5.91 Å². The van der Waals surface area contributed by atoms with Gasteiger partial charge in [0.15, 0.2) is 0 Å². The van der Waals surface area contributed by atoms with Crippen LogP contribution in [-0.2, 0) is 10.2 Å². The van der Waals surface area contributed by atoms with E-state index in [1.807, 2.05) is 13.0 Å². The Balaban J connectivity index is 3.10. The predicted molar refractivity (Wildman–Crippen MR) is 75.5 cm³/mol. The fourth-order valence-electron chi connectivity index (χ4n) is 1.90. The van der Waals surface area contributed by atoms with Crippen LogP contribution in [0.25, 0.3) is 0 Å². The number of nitrogens with two attached hydrogens (primary N) is 1. The number of carbonyl (C=O) groups is 1. The quantitative estimate of drug-likeness (QED) is 0.873. The van der Waals surface area contributed by atoms with Gasteiger partial charge in [-0.3, -0.25) is 4.79 Å². The lowest BCUT2D eigenvalue weighted by molar-refractivity contribution is -0.130. The van der Waals surface area contributed by atoms with E-state index in [-0.39, 0.29) is 11.3 Å². The highest BCUT2D eigenvalue weighted by molar-refractivity contribution is 5.83. The molecule has 1 rings (SSSR count). The van der Waals surface area contributed by atoms with Crippen LogP contribution in [0, 0.1) is 6.92 Å². The second-order valence-corrected chi connectivity index (χ2v) is 6.03. The Bertz CT molecular complexity index is 444. The van der Waals surface area contributed by atoms with Gasteiger partial charge in [-0.05, 0) is 29.0 Å². The molecule has 0 bridgehead atoms. The van der Waals surface area contributed by atoms with E-state index in [1.165, 1.54) is 10.5 Å². The van der Waals surface area contributed by atoms with Crippen LogP contribution in [0.1, 0.15) is 43.5 Å². The van der Waals surface area contributed by atoms with E-state index in [9.17, 15) is 4.79 Å². The number of hydrogen-bond acceptors (Lipinski definition) is 2. The molecule has 1 atom stereocenters. The van der Waals surface area contributed by atoms with Crippen LogP contribution >= 0.6 is 0 Å². The Morgan fingerprint density at radius 3 is 2.22 bits per heavy atom.